The lowest BCUT2D eigenvalue weighted by Gasteiger charge is -2.35. The van der Waals surface area contributed by atoms with Crippen molar-refractivity contribution in [2.75, 3.05) is 43.4 Å². The van der Waals surface area contributed by atoms with E-state index in [2.05, 4.69) is 15.4 Å². The molecule has 28 heavy (non-hydrogen) atoms. The molecule has 0 saturated carbocycles. The van der Waals surface area contributed by atoms with Crippen molar-refractivity contribution in [3.05, 3.63) is 60.3 Å². The van der Waals surface area contributed by atoms with Gasteiger partial charge in [0, 0.05) is 32.4 Å². The number of hydrogen-bond donors (Lipinski definition) is 2. The highest BCUT2D eigenvalue weighted by Crippen LogP contribution is 2.15. The van der Waals surface area contributed by atoms with Crippen molar-refractivity contribution in [3.63, 3.8) is 0 Å². The van der Waals surface area contributed by atoms with E-state index >= 15 is 0 Å². The highest BCUT2D eigenvalue weighted by Gasteiger charge is 2.29. The Morgan fingerprint density at radius 1 is 1.07 bits per heavy atom. The summed E-state index contributed by atoms with van der Waals surface area (Å²) in [4.78, 5) is 6.37. The third-order valence-corrected chi connectivity index (χ3v) is 6.61. The molecule has 3 rings (SSSR count). The molecule has 1 unspecified atom stereocenters. The van der Waals surface area contributed by atoms with E-state index in [0.717, 1.165) is 11.4 Å². The smallest absolute Gasteiger partial charge is 0.215 e. The summed E-state index contributed by atoms with van der Waals surface area (Å²) in [7, 11) is -3.51. The van der Waals surface area contributed by atoms with E-state index in [9.17, 15) is 13.6 Å². The molecule has 2 aromatic rings. The number of hydroxylamine groups is 1. The van der Waals surface area contributed by atoms with Crippen LogP contribution in [0.3, 0.4) is 0 Å². The molecule has 0 amide bonds. The van der Waals surface area contributed by atoms with Gasteiger partial charge in [-0.25, -0.2) is 13.4 Å². The van der Waals surface area contributed by atoms with Gasteiger partial charge < -0.3 is 14.8 Å². The van der Waals surface area contributed by atoms with Gasteiger partial charge in [0.25, 0.3) is 0 Å². The SMILES string of the molecule is O=S(=O)(CC(COCc1ccccc1)NO)N1CCN(c2ccccn2)CC1. The minimum absolute atomic E-state index is 0.0958. The molecule has 1 aromatic carbocycles. The van der Waals surface area contributed by atoms with E-state index in [1.54, 1.807) is 6.20 Å². The highest BCUT2D eigenvalue weighted by molar-refractivity contribution is 7.89. The fourth-order valence-corrected chi connectivity index (χ4v) is 4.72. The van der Waals surface area contributed by atoms with Crippen LogP contribution in [0.1, 0.15) is 5.56 Å². The molecule has 152 valence electrons. The Hall–Kier alpha value is -2.04. The summed E-state index contributed by atoms with van der Waals surface area (Å²) in [6.45, 7) is 2.40. The average molecular weight is 407 g/mol. The molecule has 2 N–H and O–H groups in total. The molecule has 2 heterocycles. The maximum Gasteiger partial charge on any atom is 0.215 e. The normalized spacial score (nSPS) is 16.8. The highest BCUT2D eigenvalue weighted by atomic mass is 32.2. The number of hydrogen-bond acceptors (Lipinski definition) is 7. The Morgan fingerprint density at radius 3 is 2.43 bits per heavy atom. The van der Waals surface area contributed by atoms with Gasteiger partial charge in [-0.15, -0.1) is 0 Å². The number of sulfonamides is 1. The lowest BCUT2D eigenvalue weighted by molar-refractivity contribution is 0.0496. The van der Waals surface area contributed by atoms with Crippen LogP contribution in [0.5, 0.6) is 0 Å². The van der Waals surface area contributed by atoms with Crippen LogP contribution in [0.15, 0.2) is 54.7 Å². The summed E-state index contributed by atoms with van der Waals surface area (Å²) in [5, 5.41) is 9.35. The van der Waals surface area contributed by atoms with Crippen LogP contribution < -0.4 is 10.4 Å². The molecule has 1 aliphatic rings. The molecule has 9 heteroatoms. The van der Waals surface area contributed by atoms with Gasteiger partial charge >= 0.3 is 0 Å². The van der Waals surface area contributed by atoms with Crippen LogP contribution in [0.25, 0.3) is 0 Å². The van der Waals surface area contributed by atoms with Crippen LogP contribution in [-0.2, 0) is 21.4 Å². The minimum atomic E-state index is -3.51. The van der Waals surface area contributed by atoms with Gasteiger partial charge in [-0.3, -0.25) is 0 Å². The van der Waals surface area contributed by atoms with E-state index in [1.165, 1.54) is 4.31 Å². The summed E-state index contributed by atoms with van der Waals surface area (Å²) in [5.41, 5.74) is 3.06. The molecule has 1 aliphatic heterocycles. The predicted octanol–water partition coefficient (Wildman–Crippen LogP) is 1.10. The molecule has 1 aromatic heterocycles. The summed E-state index contributed by atoms with van der Waals surface area (Å²) >= 11 is 0. The fraction of sp³-hybridized carbons (Fsp3) is 0.421. The van der Waals surface area contributed by atoms with Crippen LogP contribution in [0.2, 0.25) is 0 Å². The van der Waals surface area contributed by atoms with E-state index in [0.29, 0.717) is 32.8 Å². The molecule has 1 saturated heterocycles. The molecule has 0 bridgehead atoms. The fourth-order valence-electron chi connectivity index (χ4n) is 3.11. The van der Waals surface area contributed by atoms with Crippen LogP contribution >= 0.6 is 0 Å². The van der Waals surface area contributed by atoms with Gasteiger partial charge in [-0.05, 0) is 17.7 Å². The minimum Gasteiger partial charge on any atom is -0.375 e. The van der Waals surface area contributed by atoms with Crippen LogP contribution in [0.4, 0.5) is 5.82 Å². The standard InChI is InChI=1S/C19H26N4O4S/c24-21-18(15-27-14-17-6-2-1-3-7-17)16-28(25,26)23-12-10-22(11-13-23)19-8-4-5-9-20-19/h1-9,18,21,24H,10-16H2. The first-order valence-corrected chi connectivity index (χ1v) is 10.8. The van der Waals surface area contributed by atoms with E-state index < -0.39 is 16.1 Å². The summed E-state index contributed by atoms with van der Waals surface area (Å²) in [6, 6.07) is 14.6. The zero-order valence-corrected chi connectivity index (χ0v) is 16.5. The number of nitrogens with one attached hydrogen (secondary N) is 1. The van der Waals surface area contributed by atoms with Crippen molar-refractivity contribution in [1.29, 1.82) is 0 Å². The van der Waals surface area contributed by atoms with Crippen LogP contribution in [0, 0.1) is 0 Å². The molecular weight excluding hydrogens is 380 g/mol. The Kier molecular flexibility index (Phi) is 7.35. The number of anilines is 1. The molecule has 1 fully saturated rings. The quantitative estimate of drug-likeness (QED) is 0.602. The number of pyridine rings is 1. The number of rotatable bonds is 9. The van der Waals surface area contributed by atoms with Gasteiger partial charge in [0.05, 0.1) is 25.0 Å². The van der Waals surface area contributed by atoms with Crippen molar-refractivity contribution < 1.29 is 18.4 Å². The zero-order chi connectivity index (χ0) is 19.8. The zero-order valence-electron chi connectivity index (χ0n) is 15.6. The topological polar surface area (TPSA) is 95.0 Å². The summed E-state index contributed by atoms with van der Waals surface area (Å²) in [5.74, 6) is 0.630. The maximum absolute atomic E-state index is 12.7. The summed E-state index contributed by atoms with van der Waals surface area (Å²) < 4.78 is 32.5. The number of benzene rings is 1. The van der Waals surface area contributed by atoms with E-state index in [-0.39, 0.29) is 12.4 Å². The van der Waals surface area contributed by atoms with Gasteiger partial charge in [-0.1, -0.05) is 36.4 Å². The molecule has 0 spiro atoms. The maximum atomic E-state index is 12.7. The monoisotopic (exact) mass is 406 g/mol. The molecule has 1 atom stereocenters. The third-order valence-electron chi connectivity index (χ3n) is 4.63. The second kappa shape index (κ2) is 9.94. The molecule has 8 nitrogen and oxygen atoms in total. The second-order valence-corrected chi connectivity index (χ2v) is 8.69. The average Bonchev–Trinajstić information content (AvgIpc) is 2.74. The largest absolute Gasteiger partial charge is 0.375 e. The number of nitrogens with zero attached hydrogens (tertiary/aromatic N) is 3. The van der Waals surface area contributed by atoms with Crippen molar-refractivity contribution >= 4 is 15.8 Å². The van der Waals surface area contributed by atoms with Gasteiger partial charge in [0.1, 0.15) is 5.82 Å². The van der Waals surface area contributed by atoms with Crippen molar-refractivity contribution in [2.45, 2.75) is 12.6 Å². The van der Waals surface area contributed by atoms with E-state index in [4.69, 9.17) is 4.74 Å². The van der Waals surface area contributed by atoms with Gasteiger partial charge in [0.2, 0.25) is 10.0 Å². The summed E-state index contributed by atoms with van der Waals surface area (Å²) in [6.07, 6.45) is 1.73. The lowest BCUT2D eigenvalue weighted by Crippen LogP contribution is -2.51. The van der Waals surface area contributed by atoms with Crippen molar-refractivity contribution in [3.8, 4) is 0 Å². The van der Waals surface area contributed by atoms with E-state index in [1.807, 2.05) is 48.5 Å². The number of piperazine rings is 1. The first kappa shape index (κ1) is 20.7. The number of ether oxygens (including phenoxy) is 1. The first-order valence-electron chi connectivity index (χ1n) is 9.23. The Labute approximate surface area is 165 Å². The number of aromatic nitrogens is 1. The Bertz CT molecular complexity index is 812. The van der Waals surface area contributed by atoms with Gasteiger partial charge in [-0.2, -0.15) is 9.79 Å². The van der Waals surface area contributed by atoms with Crippen molar-refractivity contribution in [1.82, 2.24) is 14.8 Å². The lowest BCUT2D eigenvalue weighted by atomic mass is 10.2. The predicted molar refractivity (Wildman–Crippen MR) is 107 cm³/mol. The second-order valence-electron chi connectivity index (χ2n) is 6.68. The first-order chi connectivity index (χ1) is 13.6. The molecule has 0 aliphatic carbocycles. The Balaban J connectivity index is 1.48. The Morgan fingerprint density at radius 2 is 1.79 bits per heavy atom. The van der Waals surface area contributed by atoms with Gasteiger partial charge in [0.15, 0.2) is 0 Å². The third kappa shape index (κ3) is 5.73. The molecular formula is C19H26N4O4S. The van der Waals surface area contributed by atoms with Crippen LogP contribution in [-0.4, -0.2) is 67.5 Å². The molecule has 0 radical (unpaired) electrons. The van der Waals surface area contributed by atoms with Crippen molar-refractivity contribution in [2.24, 2.45) is 0 Å².